The summed E-state index contributed by atoms with van der Waals surface area (Å²) in [7, 11) is 0. The SMILES string of the molecule is Cc1ccccc1/C=C/C(=O)N1CCCC1CC(=O)O. The van der Waals surface area contributed by atoms with Gasteiger partial charge >= 0.3 is 5.97 Å². The van der Waals surface area contributed by atoms with Crippen LogP contribution in [-0.2, 0) is 9.59 Å². The Morgan fingerprint density at radius 2 is 2.15 bits per heavy atom. The molecule has 4 nitrogen and oxygen atoms in total. The molecular weight excluding hydrogens is 254 g/mol. The van der Waals surface area contributed by atoms with Gasteiger partial charge in [0.2, 0.25) is 5.91 Å². The minimum absolute atomic E-state index is 0.0317. The van der Waals surface area contributed by atoms with E-state index in [1.165, 1.54) is 0 Å². The van der Waals surface area contributed by atoms with E-state index in [1.807, 2.05) is 31.2 Å². The van der Waals surface area contributed by atoms with Crippen LogP contribution in [0.25, 0.3) is 6.08 Å². The van der Waals surface area contributed by atoms with Crippen LogP contribution in [0.4, 0.5) is 0 Å². The third-order valence-electron chi connectivity index (χ3n) is 3.66. The molecule has 1 aliphatic rings. The molecule has 0 radical (unpaired) electrons. The molecule has 106 valence electrons. The first-order valence-electron chi connectivity index (χ1n) is 6.84. The summed E-state index contributed by atoms with van der Waals surface area (Å²) in [6.45, 7) is 2.64. The minimum Gasteiger partial charge on any atom is -0.481 e. The highest BCUT2D eigenvalue weighted by Crippen LogP contribution is 2.21. The lowest BCUT2D eigenvalue weighted by Crippen LogP contribution is -2.35. The van der Waals surface area contributed by atoms with Gasteiger partial charge in [-0.05, 0) is 37.0 Å². The van der Waals surface area contributed by atoms with Gasteiger partial charge in [0.05, 0.1) is 6.42 Å². The molecule has 20 heavy (non-hydrogen) atoms. The van der Waals surface area contributed by atoms with E-state index in [-0.39, 0.29) is 18.4 Å². The molecule has 1 amide bonds. The molecule has 1 aromatic rings. The Morgan fingerprint density at radius 3 is 2.85 bits per heavy atom. The van der Waals surface area contributed by atoms with Gasteiger partial charge in [-0.3, -0.25) is 9.59 Å². The summed E-state index contributed by atoms with van der Waals surface area (Å²) in [5, 5.41) is 8.86. The van der Waals surface area contributed by atoms with Gasteiger partial charge in [0.15, 0.2) is 0 Å². The largest absolute Gasteiger partial charge is 0.481 e. The third kappa shape index (κ3) is 3.47. The van der Waals surface area contributed by atoms with Crippen LogP contribution < -0.4 is 0 Å². The van der Waals surface area contributed by atoms with Crippen molar-refractivity contribution in [1.82, 2.24) is 4.90 Å². The maximum Gasteiger partial charge on any atom is 0.305 e. The average molecular weight is 273 g/mol. The monoisotopic (exact) mass is 273 g/mol. The molecule has 0 bridgehead atoms. The van der Waals surface area contributed by atoms with E-state index in [0.717, 1.165) is 24.0 Å². The molecule has 0 spiro atoms. The van der Waals surface area contributed by atoms with Crippen molar-refractivity contribution in [2.24, 2.45) is 0 Å². The number of carbonyl (C=O) groups is 2. The molecule has 1 fully saturated rings. The highest BCUT2D eigenvalue weighted by molar-refractivity contribution is 5.92. The smallest absolute Gasteiger partial charge is 0.305 e. The van der Waals surface area contributed by atoms with Gasteiger partial charge in [0.25, 0.3) is 0 Å². The van der Waals surface area contributed by atoms with Crippen LogP contribution in [0, 0.1) is 6.92 Å². The summed E-state index contributed by atoms with van der Waals surface area (Å²) < 4.78 is 0. The molecule has 1 saturated heterocycles. The summed E-state index contributed by atoms with van der Waals surface area (Å²) in [6.07, 6.45) is 5.03. The van der Waals surface area contributed by atoms with Crippen molar-refractivity contribution < 1.29 is 14.7 Å². The zero-order valence-electron chi connectivity index (χ0n) is 11.6. The van der Waals surface area contributed by atoms with E-state index in [0.29, 0.717) is 6.54 Å². The number of aryl methyl sites for hydroxylation is 1. The van der Waals surface area contributed by atoms with Gasteiger partial charge in [-0.15, -0.1) is 0 Å². The molecule has 1 aromatic carbocycles. The van der Waals surface area contributed by atoms with Crippen molar-refractivity contribution in [3.05, 3.63) is 41.5 Å². The van der Waals surface area contributed by atoms with E-state index >= 15 is 0 Å². The summed E-state index contributed by atoms with van der Waals surface area (Å²) in [4.78, 5) is 24.6. The number of benzene rings is 1. The van der Waals surface area contributed by atoms with E-state index in [4.69, 9.17) is 5.11 Å². The highest BCUT2D eigenvalue weighted by Gasteiger charge is 2.28. The van der Waals surface area contributed by atoms with Crippen LogP contribution in [0.3, 0.4) is 0 Å². The number of carbonyl (C=O) groups excluding carboxylic acids is 1. The highest BCUT2D eigenvalue weighted by atomic mass is 16.4. The summed E-state index contributed by atoms with van der Waals surface area (Å²) in [6, 6.07) is 7.67. The van der Waals surface area contributed by atoms with E-state index in [9.17, 15) is 9.59 Å². The Hall–Kier alpha value is -2.10. The third-order valence-corrected chi connectivity index (χ3v) is 3.66. The van der Waals surface area contributed by atoms with Crippen molar-refractivity contribution in [1.29, 1.82) is 0 Å². The number of hydrogen-bond acceptors (Lipinski definition) is 2. The van der Waals surface area contributed by atoms with Crippen molar-refractivity contribution in [2.45, 2.75) is 32.2 Å². The summed E-state index contributed by atoms with van der Waals surface area (Å²) >= 11 is 0. The van der Waals surface area contributed by atoms with Gasteiger partial charge in [-0.1, -0.05) is 24.3 Å². The van der Waals surface area contributed by atoms with Crippen molar-refractivity contribution in [3.63, 3.8) is 0 Å². The molecule has 0 aromatic heterocycles. The van der Waals surface area contributed by atoms with E-state index in [1.54, 1.807) is 17.1 Å². The summed E-state index contributed by atoms with van der Waals surface area (Å²) in [5.41, 5.74) is 2.12. The van der Waals surface area contributed by atoms with Gasteiger partial charge < -0.3 is 10.0 Å². The van der Waals surface area contributed by atoms with Crippen LogP contribution in [-0.4, -0.2) is 34.5 Å². The molecule has 4 heteroatoms. The maximum atomic E-state index is 12.2. The van der Waals surface area contributed by atoms with Gasteiger partial charge in [0, 0.05) is 18.7 Å². The fourth-order valence-corrected chi connectivity index (χ4v) is 2.57. The molecule has 1 heterocycles. The quantitative estimate of drug-likeness (QED) is 0.857. The van der Waals surface area contributed by atoms with Crippen LogP contribution in [0.1, 0.15) is 30.4 Å². The Bertz CT molecular complexity index is 536. The second-order valence-corrected chi connectivity index (χ2v) is 5.12. The van der Waals surface area contributed by atoms with Crippen molar-refractivity contribution in [2.75, 3.05) is 6.54 Å². The second-order valence-electron chi connectivity index (χ2n) is 5.12. The molecule has 1 unspecified atom stereocenters. The van der Waals surface area contributed by atoms with Crippen LogP contribution in [0.5, 0.6) is 0 Å². The molecule has 1 atom stereocenters. The lowest BCUT2D eigenvalue weighted by Gasteiger charge is -2.21. The Kier molecular flexibility index (Phi) is 4.56. The molecule has 0 saturated carbocycles. The zero-order valence-corrected chi connectivity index (χ0v) is 11.6. The van der Waals surface area contributed by atoms with Crippen LogP contribution >= 0.6 is 0 Å². The van der Waals surface area contributed by atoms with E-state index in [2.05, 4.69) is 0 Å². The Morgan fingerprint density at radius 1 is 1.40 bits per heavy atom. The predicted molar refractivity (Wildman–Crippen MR) is 77.2 cm³/mol. The fraction of sp³-hybridized carbons (Fsp3) is 0.375. The Balaban J connectivity index is 2.04. The number of carboxylic acids is 1. The fourth-order valence-electron chi connectivity index (χ4n) is 2.57. The lowest BCUT2D eigenvalue weighted by atomic mass is 10.1. The molecule has 1 aliphatic heterocycles. The van der Waals surface area contributed by atoms with Crippen LogP contribution in [0.15, 0.2) is 30.3 Å². The van der Waals surface area contributed by atoms with Crippen molar-refractivity contribution >= 4 is 18.0 Å². The maximum absolute atomic E-state index is 12.2. The first-order valence-corrected chi connectivity index (χ1v) is 6.84. The minimum atomic E-state index is -0.849. The Labute approximate surface area is 118 Å². The number of hydrogen-bond donors (Lipinski definition) is 1. The number of aliphatic carboxylic acids is 1. The van der Waals surface area contributed by atoms with Crippen LogP contribution in [0.2, 0.25) is 0 Å². The molecule has 0 aliphatic carbocycles. The standard InChI is InChI=1S/C16H19NO3/c1-12-5-2-3-6-13(12)8-9-15(18)17-10-4-7-14(17)11-16(19)20/h2-3,5-6,8-9,14H,4,7,10-11H2,1H3,(H,19,20)/b9-8+. The average Bonchev–Trinajstić information content (AvgIpc) is 2.85. The number of rotatable bonds is 4. The van der Waals surface area contributed by atoms with Crippen molar-refractivity contribution in [3.8, 4) is 0 Å². The molecule has 1 N–H and O–H groups in total. The van der Waals surface area contributed by atoms with Gasteiger partial charge in [-0.25, -0.2) is 0 Å². The summed E-state index contributed by atoms with van der Waals surface area (Å²) in [5.74, 6) is -0.949. The zero-order chi connectivity index (χ0) is 14.5. The van der Waals surface area contributed by atoms with Gasteiger partial charge in [-0.2, -0.15) is 0 Å². The number of nitrogens with zero attached hydrogens (tertiary/aromatic N) is 1. The molecular formula is C16H19NO3. The molecule has 2 rings (SSSR count). The predicted octanol–water partition coefficient (Wildman–Crippen LogP) is 2.47. The number of amides is 1. The van der Waals surface area contributed by atoms with E-state index < -0.39 is 5.97 Å². The first kappa shape index (κ1) is 14.3. The number of carboxylic acid groups (broad SMARTS) is 1. The lowest BCUT2D eigenvalue weighted by molar-refractivity contribution is -0.139. The first-order chi connectivity index (χ1) is 9.58. The normalized spacial score (nSPS) is 18.6. The van der Waals surface area contributed by atoms with Gasteiger partial charge in [0.1, 0.15) is 0 Å². The number of likely N-dealkylation sites (tertiary alicyclic amines) is 1. The second kappa shape index (κ2) is 6.37. The topological polar surface area (TPSA) is 57.6 Å².